The second-order valence-corrected chi connectivity index (χ2v) is 9.33. The molecule has 0 radical (unpaired) electrons. The van der Waals surface area contributed by atoms with Crippen LogP contribution < -0.4 is 5.73 Å². The van der Waals surface area contributed by atoms with Gasteiger partial charge in [0.05, 0.1) is 6.26 Å². The lowest BCUT2D eigenvalue weighted by molar-refractivity contribution is 0.115. The predicted octanol–water partition coefficient (Wildman–Crippen LogP) is 2.20. The number of nitrogens with two attached hydrogens (primary N) is 1. The fourth-order valence-electron chi connectivity index (χ4n) is 4.05. The average Bonchev–Trinajstić information content (AvgIpc) is 2.34. The summed E-state index contributed by atoms with van der Waals surface area (Å²) < 4.78 is 25.1. The molecule has 0 aromatic rings. The molecular weight excluding hydrogens is 272 g/mol. The largest absolute Gasteiger partial charge is 0.325 e. The van der Waals surface area contributed by atoms with E-state index in [4.69, 9.17) is 5.73 Å². The molecule has 5 heteroatoms. The van der Waals surface area contributed by atoms with E-state index in [9.17, 15) is 8.42 Å². The molecule has 0 bridgehead atoms. The summed E-state index contributed by atoms with van der Waals surface area (Å²) in [5.41, 5.74) is 6.60. The Labute approximate surface area is 124 Å². The highest BCUT2D eigenvalue weighted by atomic mass is 32.2. The summed E-state index contributed by atoms with van der Waals surface area (Å²) in [4.78, 5) is 0. The van der Waals surface area contributed by atoms with Gasteiger partial charge in [0.15, 0.2) is 0 Å². The molecule has 0 amide bonds. The van der Waals surface area contributed by atoms with Crippen LogP contribution in [-0.2, 0) is 10.0 Å². The summed E-state index contributed by atoms with van der Waals surface area (Å²) >= 11 is 0. The van der Waals surface area contributed by atoms with Crippen molar-refractivity contribution < 1.29 is 8.42 Å². The van der Waals surface area contributed by atoms with Crippen molar-refractivity contribution in [2.24, 2.45) is 23.5 Å². The summed E-state index contributed by atoms with van der Waals surface area (Å²) in [5, 5.41) is 0. The zero-order valence-electron chi connectivity index (χ0n) is 13.1. The van der Waals surface area contributed by atoms with Gasteiger partial charge in [0.25, 0.3) is 0 Å². The average molecular weight is 302 g/mol. The third-order valence-electron chi connectivity index (χ3n) is 5.46. The quantitative estimate of drug-likeness (QED) is 0.869. The molecule has 0 aromatic heterocycles. The maximum atomic E-state index is 11.7. The summed E-state index contributed by atoms with van der Waals surface area (Å²) in [6.07, 6.45) is 7.89. The first-order chi connectivity index (χ1) is 9.21. The minimum absolute atomic E-state index is 0.0856. The number of hydrogen-bond acceptors (Lipinski definition) is 3. The molecule has 0 spiro atoms. The van der Waals surface area contributed by atoms with Crippen LogP contribution in [0.25, 0.3) is 0 Å². The van der Waals surface area contributed by atoms with Crippen LogP contribution in [0.3, 0.4) is 0 Å². The Balaban J connectivity index is 1.99. The van der Waals surface area contributed by atoms with Crippen molar-refractivity contribution in [2.75, 3.05) is 19.3 Å². The van der Waals surface area contributed by atoms with Crippen LogP contribution in [0.4, 0.5) is 0 Å². The first-order valence-corrected chi connectivity index (χ1v) is 9.79. The second kappa shape index (κ2) is 5.93. The highest BCUT2D eigenvalue weighted by Crippen LogP contribution is 2.40. The molecule has 1 aliphatic carbocycles. The van der Waals surface area contributed by atoms with E-state index in [1.807, 2.05) is 0 Å². The van der Waals surface area contributed by atoms with E-state index in [0.29, 0.717) is 24.9 Å². The molecule has 4 nitrogen and oxygen atoms in total. The highest BCUT2D eigenvalue weighted by molar-refractivity contribution is 7.88. The lowest BCUT2D eigenvalue weighted by atomic mass is 9.66. The maximum absolute atomic E-state index is 11.7. The van der Waals surface area contributed by atoms with Gasteiger partial charge in [-0.1, -0.05) is 13.8 Å². The molecule has 2 N–H and O–H groups in total. The number of nitrogens with zero attached hydrogens (tertiary/aromatic N) is 1. The fourth-order valence-corrected chi connectivity index (χ4v) is 5.00. The van der Waals surface area contributed by atoms with Crippen LogP contribution in [0.1, 0.15) is 52.4 Å². The zero-order chi connectivity index (χ0) is 15.0. The van der Waals surface area contributed by atoms with Crippen molar-refractivity contribution in [3.63, 3.8) is 0 Å². The Hall–Kier alpha value is -0.130. The lowest BCUT2D eigenvalue weighted by Gasteiger charge is -2.45. The fraction of sp³-hybridized carbons (Fsp3) is 1.00. The molecule has 2 rings (SSSR count). The van der Waals surface area contributed by atoms with Crippen LogP contribution in [0.5, 0.6) is 0 Å². The van der Waals surface area contributed by atoms with Gasteiger partial charge in [0, 0.05) is 18.6 Å². The molecule has 0 aromatic carbocycles. The molecule has 1 saturated heterocycles. The van der Waals surface area contributed by atoms with Crippen LogP contribution >= 0.6 is 0 Å². The third kappa shape index (κ3) is 3.74. The number of hydrogen-bond donors (Lipinski definition) is 1. The van der Waals surface area contributed by atoms with E-state index < -0.39 is 10.0 Å². The molecule has 1 saturated carbocycles. The lowest BCUT2D eigenvalue weighted by Crippen LogP contribution is -2.52. The monoisotopic (exact) mass is 302 g/mol. The first-order valence-electron chi connectivity index (χ1n) is 7.95. The second-order valence-electron chi connectivity index (χ2n) is 7.35. The van der Waals surface area contributed by atoms with Gasteiger partial charge in [-0.05, 0) is 56.3 Å². The van der Waals surface area contributed by atoms with E-state index in [1.165, 1.54) is 19.1 Å². The van der Waals surface area contributed by atoms with E-state index in [-0.39, 0.29) is 5.54 Å². The maximum Gasteiger partial charge on any atom is 0.211 e. The Morgan fingerprint density at radius 1 is 1.30 bits per heavy atom. The third-order valence-corrected chi connectivity index (χ3v) is 6.73. The van der Waals surface area contributed by atoms with E-state index in [0.717, 1.165) is 31.6 Å². The normalized spacial score (nSPS) is 40.7. The van der Waals surface area contributed by atoms with Crippen molar-refractivity contribution in [1.82, 2.24) is 4.31 Å². The van der Waals surface area contributed by atoms with E-state index >= 15 is 0 Å². The van der Waals surface area contributed by atoms with Crippen molar-refractivity contribution in [2.45, 2.75) is 57.9 Å². The van der Waals surface area contributed by atoms with E-state index in [2.05, 4.69) is 13.8 Å². The minimum atomic E-state index is -3.05. The van der Waals surface area contributed by atoms with Crippen molar-refractivity contribution >= 4 is 10.0 Å². The molecule has 2 aliphatic rings. The Morgan fingerprint density at radius 2 is 2.00 bits per heavy atom. The summed E-state index contributed by atoms with van der Waals surface area (Å²) in [6.45, 7) is 5.93. The van der Waals surface area contributed by atoms with Gasteiger partial charge in [0.1, 0.15) is 0 Å². The number of piperidine rings is 1. The van der Waals surface area contributed by atoms with Gasteiger partial charge in [-0.2, -0.15) is 0 Å². The van der Waals surface area contributed by atoms with Gasteiger partial charge in [-0.15, -0.1) is 0 Å². The Kier molecular flexibility index (Phi) is 4.82. The molecule has 1 heterocycles. The molecular formula is C15H30N2O2S. The van der Waals surface area contributed by atoms with Gasteiger partial charge >= 0.3 is 0 Å². The Morgan fingerprint density at radius 3 is 2.60 bits per heavy atom. The van der Waals surface area contributed by atoms with Gasteiger partial charge in [0.2, 0.25) is 10.0 Å². The number of rotatable bonds is 3. The molecule has 1 aliphatic heterocycles. The summed E-state index contributed by atoms with van der Waals surface area (Å²) in [6, 6.07) is 0. The SMILES string of the molecule is CC1CCC(N)(CC2CCCN(S(C)(=O)=O)C2)C(C)C1. The van der Waals surface area contributed by atoms with Crippen LogP contribution in [-0.4, -0.2) is 37.6 Å². The molecule has 118 valence electrons. The van der Waals surface area contributed by atoms with Crippen LogP contribution in [0.2, 0.25) is 0 Å². The highest BCUT2D eigenvalue weighted by Gasteiger charge is 2.39. The van der Waals surface area contributed by atoms with E-state index in [1.54, 1.807) is 4.31 Å². The molecule has 2 fully saturated rings. The summed E-state index contributed by atoms with van der Waals surface area (Å²) in [7, 11) is -3.05. The van der Waals surface area contributed by atoms with Crippen molar-refractivity contribution in [1.29, 1.82) is 0 Å². The van der Waals surface area contributed by atoms with Crippen molar-refractivity contribution in [3.8, 4) is 0 Å². The minimum Gasteiger partial charge on any atom is -0.325 e. The standard InChI is InChI=1S/C15H30N2O2S/c1-12-6-7-15(16,13(2)9-12)10-14-5-4-8-17(11-14)20(3,18)19/h12-14H,4-11,16H2,1-3H3. The smallest absolute Gasteiger partial charge is 0.211 e. The molecule has 4 atom stereocenters. The van der Waals surface area contributed by atoms with Crippen LogP contribution in [0, 0.1) is 17.8 Å². The Bertz CT molecular complexity index is 437. The summed E-state index contributed by atoms with van der Waals surface area (Å²) in [5.74, 6) is 1.75. The molecule has 20 heavy (non-hydrogen) atoms. The zero-order valence-corrected chi connectivity index (χ0v) is 14.0. The van der Waals surface area contributed by atoms with Gasteiger partial charge < -0.3 is 5.73 Å². The van der Waals surface area contributed by atoms with Gasteiger partial charge in [-0.25, -0.2) is 12.7 Å². The predicted molar refractivity (Wildman–Crippen MR) is 82.9 cm³/mol. The number of sulfonamides is 1. The van der Waals surface area contributed by atoms with Gasteiger partial charge in [-0.3, -0.25) is 0 Å². The molecule has 4 unspecified atom stereocenters. The topological polar surface area (TPSA) is 63.4 Å². The first kappa shape index (κ1) is 16.2. The van der Waals surface area contributed by atoms with Crippen molar-refractivity contribution in [3.05, 3.63) is 0 Å². The van der Waals surface area contributed by atoms with Crippen LogP contribution in [0.15, 0.2) is 0 Å².